The third kappa shape index (κ3) is 4.59. The number of ether oxygens (including phenoxy) is 1. The van der Waals surface area contributed by atoms with Gasteiger partial charge in [0.1, 0.15) is 12.3 Å². The highest BCUT2D eigenvalue weighted by Crippen LogP contribution is 2.35. The van der Waals surface area contributed by atoms with Crippen molar-refractivity contribution in [2.24, 2.45) is 0 Å². The van der Waals surface area contributed by atoms with E-state index in [1.165, 1.54) is 28.0 Å². The van der Waals surface area contributed by atoms with E-state index in [9.17, 15) is 19.7 Å². The van der Waals surface area contributed by atoms with Crippen LogP contribution in [-0.2, 0) is 22.7 Å². The van der Waals surface area contributed by atoms with E-state index in [1.807, 2.05) is 36.5 Å². The van der Waals surface area contributed by atoms with Crippen LogP contribution >= 0.6 is 0 Å². The number of benzene rings is 2. The molecule has 1 aliphatic rings. The van der Waals surface area contributed by atoms with Crippen molar-refractivity contribution in [3.05, 3.63) is 82.2 Å². The summed E-state index contributed by atoms with van der Waals surface area (Å²) in [6.45, 7) is 0.462. The quantitative estimate of drug-likeness (QED) is 0.416. The molecule has 0 radical (unpaired) electrons. The van der Waals surface area contributed by atoms with Gasteiger partial charge in [0.25, 0.3) is 11.6 Å². The molecular formula is C22H21N5O5. The van der Waals surface area contributed by atoms with Crippen LogP contribution in [0.4, 0.5) is 11.4 Å². The number of rotatable bonds is 7. The molecule has 0 unspecified atom stereocenters. The van der Waals surface area contributed by atoms with Gasteiger partial charge in [-0.3, -0.25) is 29.3 Å². The zero-order valence-corrected chi connectivity index (χ0v) is 17.4. The lowest BCUT2D eigenvalue weighted by Gasteiger charge is -2.30. The summed E-state index contributed by atoms with van der Waals surface area (Å²) >= 11 is 0. The summed E-state index contributed by atoms with van der Waals surface area (Å²) < 4.78 is 7.14. The molecule has 2 heterocycles. The molecular weight excluding hydrogens is 414 g/mol. The van der Waals surface area contributed by atoms with Gasteiger partial charge in [-0.25, -0.2) is 0 Å². The molecule has 4 rings (SSSR count). The number of nitro benzene ring substituents is 1. The Morgan fingerprint density at radius 1 is 1.22 bits per heavy atom. The van der Waals surface area contributed by atoms with E-state index in [0.29, 0.717) is 18.8 Å². The zero-order valence-electron chi connectivity index (χ0n) is 17.4. The van der Waals surface area contributed by atoms with Crippen LogP contribution in [0.1, 0.15) is 11.1 Å². The largest absolute Gasteiger partial charge is 0.482 e. The molecule has 0 N–H and O–H groups in total. The third-order valence-electron chi connectivity index (χ3n) is 5.11. The van der Waals surface area contributed by atoms with Gasteiger partial charge < -0.3 is 9.64 Å². The Balaban J connectivity index is 1.43. The van der Waals surface area contributed by atoms with Crippen molar-refractivity contribution >= 4 is 23.2 Å². The topological polar surface area (TPSA) is 111 Å². The van der Waals surface area contributed by atoms with E-state index in [-0.39, 0.29) is 30.4 Å². The lowest BCUT2D eigenvalue weighted by molar-refractivity contribution is -0.384. The van der Waals surface area contributed by atoms with Crippen molar-refractivity contribution in [1.29, 1.82) is 0 Å². The zero-order chi connectivity index (χ0) is 22.7. The van der Waals surface area contributed by atoms with Gasteiger partial charge in [-0.05, 0) is 11.6 Å². The van der Waals surface area contributed by atoms with Crippen LogP contribution in [0, 0.1) is 10.1 Å². The summed E-state index contributed by atoms with van der Waals surface area (Å²) in [5.41, 5.74) is 2.00. The monoisotopic (exact) mass is 435 g/mol. The van der Waals surface area contributed by atoms with Crippen LogP contribution in [0.3, 0.4) is 0 Å². The average molecular weight is 435 g/mol. The highest BCUT2D eigenvalue weighted by atomic mass is 16.6. The Labute approximate surface area is 183 Å². The van der Waals surface area contributed by atoms with Crippen LogP contribution in [-0.4, -0.2) is 51.6 Å². The van der Waals surface area contributed by atoms with Crippen molar-refractivity contribution < 1.29 is 19.2 Å². The first-order chi connectivity index (χ1) is 15.4. The fourth-order valence-electron chi connectivity index (χ4n) is 3.44. The molecule has 0 fully saturated rings. The van der Waals surface area contributed by atoms with Gasteiger partial charge in [0, 0.05) is 37.5 Å². The molecule has 0 aliphatic carbocycles. The summed E-state index contributed by atoms with van der Waals surface area (Å²) in [6.07, 6.45) is 3.57. The number of non-ortho nitro benzene ring substituents is 1. The number of likely N-dealkylation sites (N-methyl/N-ethyl adjacent to an activating group) is 1. The summed E-state index contributed by atoms with van der Waals surface area (Å²) in [7, 11) is 1.64. The van der Waals surface area contributed by atoms with E-state index < -0.39 is 10.8 Å². The standard InChI is InChI=1S/C22H21N5O5/c1-24(11-17-10-23-25(13-17)12-16-5-3-2-4-6-16)21(28)14-26-19-9-18(27(30)31)7-8-20(19)32-15-22(26)29/h2-10,13H,11-12,14-15H2,1H3. The third-order valence-corrected chi connectivity index (χ3v) is 5.11. The number of aromatic nitrogens is 2. The maximum absolute atomic E-state index is 12.8. The van der Waals surface area contributed by atoms with Gasteiger partial charge in [-0.15, -0.1) is 0 Å². The first kappa shape index (κ1) is 21.0. The normalized spacial score (nSPS) is 12.8. The Hall–Kier alpha value is -4.21. The smallest absolute Gasteiger partial charge is 0.271 e. The molecule has 10 nitrogen and oxygen atoms in total. The van der Waals surface area contributed by atoms with Crippen molar-refractivity contribution in [1.82, 2.24) is 14.7 Å². The minimum atomic E-state index is -0.557. The predicted molar refractivity (Wildman–Crippen MR) is 115 cm³/mol. The van der Waals surface area contributed by atoms with Gasteiger partial charge >= 0.3 is 0 Å². The second-order valence-electron chi connectivity index (χ2n) is 7.46. The fourth-order valence-corrected chi connectivity index (χ4v) is 3.44. The molecule has 2 aromatic carbocycles. The number of hydrogen-bond acceptors (Lipinski definition) is 6. The molecule has 0 spiro atoms. The highest BCUT2D eigenvalue weighted by Gasteiger charge is 2.30. The first-order valence-electron chi connectivity index (χ1n) is 9.91. The lowest BCUT2D eigenvalue weighted by atomic mass is 10.2. The Kier molecular flexibility index (Phi) is 5.84. The van der Waals surface area contributed by atoms with Crippen LogP contribution in [0.15, 0.2) is 60.9 Å². The molecule has 0 saturated heterocycles. The molecule has 2 amide bonds. The second-order valence-corrected chi connectivity index (χ2v) is 7.46. The maximum Gasteiger partial charge on any atom is 0.271 e. The van der Waals surface area contributed by atoms with Gasteiger partial charge in [-0.1, -0.05) is 30.3 Å². The predicted octanol–water partition coefficient (Wildman–Crippen LogP) is 2.22. The molecule has 0 saturated carbocycles. The lowest BCUT2D eigenvalue weighted by Crippen LogP contribution is -2.45. The number of hydrogen-bond donors (Lipinski definition) is 0. The number of nitro groups is 1. The first-order valence-corrected chi connectivity index (χ1v) is 9.91. The number of fused-ring (bicyclic) bond motifs is 1. The van der Waals surface area contributed by atoms with Crippen LogP contribution in [0.2, 0.25) is 0 Å². The number of anilines is 1. The molecule has 0 bridgehead atoms. The van der Waals surface area contributed by atoms with E-state index in [4.69, 9.17) is 4.74 Å². The molecule has 32 heavy (non-hydrogen) atoms. The van der Waals surface area contributed by atoms with Crippen molar-refractivity contribution in [2.45, 2.75) is 13.1 Å². The van der Waals surface area contributed by atoms with E-state index in [0.717, 1.165) is 11.1 Å². The summed E-state index contributed by atoms with van der Waals surface area (Å²) in [5.74, 6) is -0.420. The highest BCUT2D eigenvalue weighted by molar-refractivity contribution is 6.02. The van der Waals surface area contributed by atoms with Gasteiger partial charge in [0.15, 0.2) is 6.61 Å². The number of nitrogens with zero attached hydrogens (tertiary/aromatic N) is 5. The van der Waals surface area contributed by atoms with Gasteiger partial charge in [0.2, 0.25) is 5.91 Å². The van der Waals surface area contributed by atoms with E-state index in [1.54, 1.807) is 17.9 Å². The molecule has 3 aromatic rings. The molecule has 1 aromatic heterocycles. The molecule has 10 heteroatoms. The van der Waals surface area contributed by atoms with Gasteiger partial charge in [0.05, 0.1) is 23.4 Å². The SMILES string of the molecule is CN(Cc1cnn(Cc2ccccc2)c1)C(=O)CN1C(=O)COc2ccc([N+](=O)[O-])cc21. The van der Waals surface area contributed by atoms with E-state index in [2.05, 4.69) is 5.10 Å². The van der Waals surface area contributed by atoms with Crippen molar-refractivity contribution in [3.63, 3.8) is 0 Å². The van der Waals surface area contributed by atoms with Crippen LogP contribution in [0.5, 0.6) is 5.75 Å². The molecule has 0 atom stereocenters. The fraction of sp³-hybridized carbons (Fsp3) is 0.227. The number of carbonyl (C=O) groups excluding carboxylic acids is 2. The van der Waals surface area contributed by atoms with Crippen LogP contribution in [0.25, 0.3) is 0 Å². The van der Waals surface area contributed by atoms with Gasteiger partial charge in [-0.2, -0.15) is 5.10 Å². The Morgan fingerprint density at radius 2 is 2.00 bits per heavy atom. The number of amides is 2. The number of carbonyl (C=O) groups is 2. The maximum atomic E-state index is 12.8. The van der Waals surface area contributed by atoms with E-state index >= 15 is 0 Å². The Morgan fingerprint density at radius 3 is 2.75 bits per heavy atom. The minimum Gasteiger partial charge on any atom is -0.482 e. The molecule has 164 valence electrons. The summed E-state index contributed by atoms with van der Waals surface area (Å²) in [6, 6.07) is 13.9. The van der Waals surface area contributed by atoms with Crippen molar-refractivity contribution in [3.8, 4) is 5.75 Å². The minimum absolute atomic E-state index is 0.182. The van der Waals surface area contributed by atoms with Crippen molar-refractivity contribution in [2.75, 3.05) is 25.1 Å². The second kappa shape index (κ2) is 8.88. The Bertz CT molecular complexity index is 1160. The average Bonchev–Trinajstić information content (AvgIpc) is 3.22. The molecule has 1 aliphatic heterocycles. The summed E-state index contributed by atoms with van der Waals surface area (Å²) in [5, 5.41) is 15.4. The summed E-state index contributed by atoms with van der Waals surface area (Å²) in [4.78, 5) is 38.5. The van der Waals surface area contributed by atoms with Crippen LogP contribution < -0.4 is 9.64 Å².